The normalized spacial score (nSPS) is 25.1. The van der Waals surface area contributed by atoms with Gasteiger partial charge in [-0.15, -0.1) is 11.8 Å². The highest BCUT2D eigenvalue weighted by Gasteiger charge is 2.40. The SMILES string of the molecule is CCC1SC2=C(CC(C)(C)C/C2=N\c2ccc(OC)c(OC)c2)NC1C(=O)O. The van der Waals surface area contributed by atoms with E-state index in [9.17, 15) is 9.90 Å². The van der Waals surface area contributed by atoms with Gasteiger partial charge in [-0.25, -0.2) is 4.79 Å². The summed E-state index contributed by atoms with van der Waals surface area (Å²) in [5.41, 5.74) is 2.80. The first-order chi connectivity index (χ1) is 13.3. The number of nitrogens with one attached hydrogen (secondary N) is 1. The van der Waals surface area contributed by atoms with E-state index in [1.807, 2.05) is 25.1 Å². The van der Waals surface area contributed by atoms with Gasteiger partial charge in [0.15, 0.2) is 11.5 Å². The number of methoxy groups -OCH3 is 2. The third-order valence-electron chi connectivity index (χ3n) is 5.11. The molecule has 1 aromatic rings. The number of rotatable bonds is 5. The van der Waals surface area contributed by atoms with Crippen molar-refractivity contribution in [3.05, 3.63) is 28.8 Å². The fraction of sp³-hybridized carbons (Fsp3) is 0.524. The Balaban J connectivity index is 2.03. The van der Waals surface area contributed by atoms with Crippen molar-refractivity contribution in [1.82, 2.24) is 5.32 Å². The molecule has 0 saturated heterocycles. The third kappa shape index (κ3) is 4.14. The Hall–Kier alpha value is -2.15. The maximum Gasteiger partial charge on any atom is 0.327 e. The Bertz CT molecular complexity index is 832. The molecule has 2 atom stereocenters. The third-order valence-corrected chi connectivity index (χ3v) is 6.73. The highest BCUT2D eigenvalue weighted by Crippen LogP contribution is 2.46. The molecule has 0 amide bonds. The molecule has 0 spiro atoms. The van der Waals surface area contributed by atoms with E-state index < -0.39 is 12.0 Å². The van der Waals surface area contributed by atoms with Crippen LogP contribution in [0.25, 0.3) is 0 Å². The van der Waals surface area contributed by atoms with Gasteiger partial charge in [0, 0.05) is 21.9 Å². The van der Waals surface area contributed by atoms with E-state index in [4.69, 9.17) is 14.5 Å². The molecule has 7 heteroatoms. The summed E-state index contributed by atoms with van der Waals surface area (Å²) in [5, 5.41) is 12.9. The zero-order valence-electron chi connectivity index (χ0n) is 17.0. The van der Waals surface area contributed by atoms with Gasteiger partial charge in [0.2, 0.25) is 0 Å². The summed E-state index contributed by atoms with van der Waals surface area (Å²) in [4.78, 5) is 17.7. The van der Waals surface area contributed by atoms with Gasteiger partial charge in [0.25, 0.3) is 0 Å². The van der Waals surface area contributed by atoms with E-state index in [0.29, 0.717) is 11.5 Å². The molecular formula is C21H28N2O4S. The number of allylic oxidation sites excluding steroid dienone is 2. The molecule has 0 aromatic heterocycles. The van der Waals surface area contributed by atoms with Crippen LogP contribution in [0.15, 0.2) is 33.8 Å². The first kappa shape index (κ1) is 20.6. The average Bonchev–Trinajstić information content (AvgIpc) is 2.66. The van der Waals surface area contributed by atoms with E-state index in [-0.39, 0.29) is 10.7 Å². The molecule has 1 aliphatic carbocycles. The lowest BCUT2D eigenvalue weighted by Gasteiger charge is -2.41. The van der Waals surface area contributed by atoms with E-state index in [0.717, 1.165) is 41.3 Å². The number of aliphatic carboxylic acids is 1. The van der Waals surface area contributed by atoms with Crippen molar-refractivity contribution in [3.8, 4) is 11.5 Å². The number of benzene rings is 1. The van der Waals surface area contributed by atoms with Gasteiger partial charge in [-0.3, -0.25) is 4.99 Å². The molecule has 2 unspecified atom stereocenters. The summed E-state index contributed by atoms with van der Waals surface area (Å²) in [7, 11) is 3.22. The second kappa shape index (κ2) is 8.07. The van der Waals surface area contributed by atoms with Gasteiger partial charge in [0.1, 0.15) is 6.04 Å². The van der Waals surface area contributed by atoms with Crippen molar-refractivity contribution in [2.24, 2.45) is 10.4 Å². The highest BCUT2D eigenvalue weighted by atomic mass is 32.2. The van der Waals surface area contributed by atoms with Crippen molar-refractivity contribution in [1.29, 1.82) is 0 Å². The number of aliphatic imine (C=N–C) groups is 1. The Kier molecular flexibility index (Phi) is 5.93. The Labute approximate surface area is 170 Å². The van der Waals surface area contributed by atoms with Crippen molar-refractivity contribution in [2.75, 3.05) is 14.2 Å². The second-order valence-corrected chi connectivity index (χ2v) is 9.20. The molecule has 2 aliphatic rings. The molecular weight excluding hydrogens is 376 g/mol. The maximum absolute atomic E-state index is 11.7. The highest BCUT2D eigenvalue weighted by molar-refractivity contribution is 8.04. The van der Waals surface area contributed by atoms with Gasteiger partial charge in [-0.1, -0.05) is 20.8 Å². The van der Waals surface area contributed by atoms with Crippen LogP contribution in [0.1, 0.15) is 40.0 Å². The van der Waals surface area contributed by atoms with E-state index in [2.05, 4.69) is 19.2 Å². The lowest BCUT2D eigenvalue weighted by molar-refractivity contribution is -0.139. The van der Waals surface area contributed by atoms with Gasteiger partial charge < -0.3 is 19.9 Å². The Morgan fingerprint density at radius 3 is 2.61 bits per heavy atom. The summed E-state index contributed by atoms with van der Waals surface area (Å²) in [6, 6.07) is 5.06. The predicted molar refractivity (Wildman–Crippen MR) is 113 cm³/mol. The number of hydrogen-bond donors (Lipinski definition) is 2. The van der Waals surface area contributed by atoms with Crippen molar-refractivity contribution in [2.45, 2.75) is 51.3 Å². The molecule has 0 bridgehead atoms. The first-order valence-electron chi connectivity index (χ1n) is 9.47. The minimum Gasteiger partial charge on any atom is -0.493 e. The maximum atomic E-state index is 11.7. The quantitative estimate of drug-likeness (QED) is 0.758. The molecule has 0 fully saturated rings. The standard InChI is InChI=1S/C21H28N2O4S/c1-6-17-18(20(24)25)23-14-11-21(2,3)10-13(19(14)28-17)22-12-7-8-15(26-4)16(9-12)27-5/h7-9,17-18,23H,6,10-11H2,1-5H3,(H,24,25)/b22-13+. The molecule has 152 valence electrons. The number of carbonyl (C=O) groups is 1. The zero-order valence-corrected chi connectivity index (χ0v) is 17.9. The topological polar surface area (TPSA) is 80.2 Å². The average molecular weight is 405 g/mol. The predicted octanol–water partition coefficient (Wildman–Crippen LogP) is 4.38. The number of carboxylic acid groups (broad SMARTS) is 1. The van der Waals surface area contributed by atoms with Crippen molar-refractivity contribution in [3.63, 3.8) is 0 Å². The monoisotopic (exact) mass is 404 g/mol. The molecule has 0 saturated carbocycles. The molecule has 28 heavy (non-hydrogen) atoms. The fourth-order valence-corrected chi connectivity index (χ4v) is 5.08. The summed E-state index contributed by atoms with van der Waals surface area (Å²) in [5.74, 6) is 0.507. The summed E-state index contributed by atoms with van der Waals surface area (Å²) < 4.78 is 10.7. The van der Waals surface area contributed by atoms with Crippen LogP contribution in [0, 0.1) is 5.41 Å². The number of ether oxygens (including phenoxy) is 2. The van der Waals surface area contributed by atoms with E-state index in [1.165, 1.54) is 0 Å². The van der Waals surface area contributed by atoms with Gasteiger partial charge in [-0.2, -0.15) is 0 Å². The Morgan fingerprint density at radius 2 is 2.00 bits per heavy atom. The van der Waals surface area contributed by atoms with Crippen LogP contribution in [-0.2, 0) is 4.79 Å². The number of carboxylic acids is 1. The van der Waals surface area contributed by atoms with Crippen LogP contribution >= 0.6 is 11.8 Å². The summed E-state index contributed by atoms with van der Waals surface area (Å²) in [6.45, 7) is 6.41. The molecule has 1 aliphatic heterocycles. The van der Waals surface area contributed by atoms with E-state index >= 15 is 0 Å². The second-order valence-electron chi connectivity index (χ2n) is 7.95. The van der Waals surface area contributed by atoms with Gasteiger partial charge in [0.05, 0.1) is 25.6 Å². The number of nitrogens with zero attached hydrogens (tertiary/aromatic N) is 1. The van der Waals surface area contributed by atoms with Crippen LogP contribution < -0.4 is 14.8 Å². The molecule has 3 rings (SSSR count). The summed E-state index contributed by atoms with van der Waals surface area (Å²) in [6.07, 6.45) is 2.43. The van der Waals surface area contributed by atoms with Crippen LogP contribution in [0.5, 0.6) is 11.5 Å². The molecule has 2 N–H and O–H groups in total. The minimum atomic E-state index is -0.798. The van der Waals surface area contributed by atoms with Crippen molar-refractivity contribution >= 4 is 29.1 Å². The minimum absolute atomic E-state index is 0.00386. The largest absolute Gasteiger partial charge is 0.493 e. The molecule has 1 aromatic carbocycles. The molecule has 6 nitrogen and oxygen atoms in total. The smallest absolute Gasteiger partial charge is 0.327 e. The van der Waals surface area contributed by atoms with Gasteiger partial charge in [-0.05, 0) is 36.8 Å². The number of hydrogen-bond acceptors (Lipinski definition) is 6. The molecule has 1 heterocycles. The lowest BCUT2D eigenvalue weighted by atomic mass is 9.78. The first-order valence-corrected chi connectivity index (χ1v) is 10.3. The molecule has 0 radical (unpaired) electrons. The summed E-state index contributed by atoms with van der Waals surface area (Å²) >= 11 is 1.65. The van der Waals surface area contributed by atoms with Crippen LogP contribution in [0.4, 0.5) is 5.69 Å². The Morgan fingerprint density at radius 1 is 1.29 bits per heavy atom. The zero-order chi connectivity index (χ0) is 20.5. The van der Waals surface area contributed by atoms with Crippen LogP contribution in [0.3, 0.4) is 0 Å². The fourth-order valence-electron chi connectivity index (χ4n) is 3.77. The van der Waals surface area contributed by atoms with Crippen LogP contribution in [-0.4, -0.2) is 42.3 Å². The lowest BCUT2D eigenvalue weighted by Crippen LogP contribution is -2.49. The number of thioether (sulfide) groups is 1. The van der Waals surface area contributed by atoms with Crippen molar-refractivity contribution < 1.29 is 19.4 Å². The van der Waals surface area contributed by atoms with Crippen LogP contribution in [0.2, 0.25) is 0 Å². The van der Waals surface area contributed by atoms with Gasteiger partial charge >= 0.3 is 5.97 Å². The van der Waals surface area contributed by atoms with E-state index in [1.54, 1.807) is 26.0 Å².